The number of hydrogen-bond donors (Lipinski definition) is 1. The van der Waals surface area contributed by atoms with E-state index in [0.29, 0.717) is 34.5 Å². The third-order valence-corrected chi connectivity index (χ3v) is 6.31. The monoisotopic (exact) mass is 559 g/mol. The molecule has 210 valence electrons. The molecule has 41 heavy (non-hydrogen) atoms. The summed E-state index contributed by atoms with van der Waals surface area (Å²) in [5.74, 6) is -1.16. The van der Waals surface area contributed by atoms with Crippen molar-refractivity contribution in [1.29, 1.82) is 0 Å². The van der Waals surface area contributed by atoms with Gasteiger partial charge in [-0.1, -0.05) is 73.3 Å². The number of aryl methyl sites for hydroxylation is 2. The number of aromatic nitrogens is 2. The van der Waals surface area contributed by atoms with Crippen molar-refractivity contribution >= 4 is 23.6 Å². The second-order valence-electron chi connectivity index (χ2n) is 9.24. The normalized spacial score (nSPS) is 12.0. The molecule has 0 aliphatic carbocycles. The van der Waals surface area contributed by atoms with Crippen LogP contribution >= 0.6 is 0 Å². The van der Waals surface area contributed by atoms with E-state index in [-0.39, 0.29) is 5.70 Å². The zero-order valence-electron chi connectivity index (χ0n) is 22.3. The van der Waals surface area contributed by atoms with E-state index in [0.717, 1.165) is 18.4 Å². The van der Waals surface area contributed by atoms with Gasteiger partial charge in [0.15, 0.2) is 5.69 Å². The van der Waals surface area contributed by atoms with Crippen LogP contribution in [0.25, 0.3) is 11.4 Å². The van der Waals surface area contributed by atoms with E-state index in [2.05, 4.69) is 40.9 Å². The van der Waals surface area contributed by atoms with Crippen LogP contribution in [-0.4, -0.2) is 27.1 Å². The first-order valence-electron chi connectivity index (χ1n) is 12.8. The highest BCUT2D eigenvalue weighted by Crippen LogP contribution is 2.33. The lowest BCUT2D eigenvalue weighted by molar-refractivity contribution is -0.143. The Balaban J connectivity index is 1.40. The summed E-state index contributed by atoms with van der Waals surface area (Å²) in [6, 6.07) is 25.8. The summed E-state index contributed by atoms with van der Waals surface area (Å²) in [6.07, 6.45) is 0.255. The van der Waals surface area contributed by atoms with Gasteiger partial charge in [0.1, 0.15) is 17.9 Å². The molecule has 0 saturated heterocycles. The van der Waals surface area contributed by atoms with Crippen LogP contribution in [0.5, 0.6) is 5.75 Å². The minimum atomic E-state index is -4.90. The van der Waals surface area contributed by atoms with E-state index in [4.69, 9.17) is 9.84 Å². The number of carboxylic acids is 1. The van der Waals surface area contributed by atoms with Gasteiger partial charge in [-0.15, -0.1) is 0 Å². The third kappa shape index (κ3) is 7.60. The molecule has 1 N–H and O–H groups in total. The molecule has 4 rings (SSSR count). The van der Waals surface area contributed by atoms with Crippen LogP contribution in [0.4, 0.5) is 13.2 Å². The standard InChI is InChI=1S/C32H28F3N3O3/c1-22(38-30(32(33,34)35)28(20-37-38)31(39)40)18-19-36-23(2)27-10-6-7-11-29(27)41-21-26-16-14-25(15-17-26)13-12-24-8-4-3-5-9-24/h3-11,14-20H,2,12-13,21H2,1H3,(H,39,40)/b22-18+,36-19-. The Kier molecular flexibility index (Phi) is 9.19. The Bertz CT molecular complexity index is 1570. The lowest BCUT2D eigenvalue weighted by atomic mass is 10.0. The molecule has 1 aromatic heterocycles. The molecule has 3 aromatic carbocycles. The number of rotatable bonds is 11. The number of carbonyl (C=O) groups is 1. The maximum atomic E-state index is 13.5. The molecule has 0 radical (unpaired) electrons. The van der Waals surface area contributed by atoms with Gasteiger partial charge in [0.05, 0.1) is 11.9 Å². The van der Waals surface area contributed by atoms with Gasteiger partial charge in [0, 0.05) is 17.5 Å². The SMILES string of the molecule is C=C(/N=C\C=C(/C)n1ncc(C(=O)O)c1C(F)(F)F)c1ccccc1OCc1ccc(CCc2ccccc2)cc1. The van der Waals surface area contributed by atoms with Crippen molar-refractivity contribution in [2.75, 3.05) is 0 Å². The van der Waals surface area contributed by atoms with Crippen molar-refractivity contribution < 1.29 is 27.8 Å². The Labute approximate surface area is 235 Å². The van der Waals surface area contributed by atoms with Gasteiger partial charge in [-0.2, -0.15) is 18.3 Å². The van der Waals surface area contributed by atoms with Crippen LogP contribution in [0.1, 0.15) is 45.2 Å². The number of alkyl halides is 3. The van der Waals surface area contributed by atoms with Crippen molar-refractivity contribution in [3.63, 3.8) is 0 Å². The Morgan fingerprint density at radius 3 is 2.22 bits per heavy atom. The van der Waals surface area contributed by atoms with E-state index in [1.54, 1.807) is 18.2 Å². The van der Waals surface area contributed by atoms with Crippen LogP contribution in [0, 0.1) is 0 Å². The fourth-order valence-electron chi connectivity index (χ4n) is 4.15. The zero-order valence-corrected chi connectivity index (χ0v) is 22.3. The molecule has 0 unspecified atom stereocenters. The summed E-state index contributed by atoms with van der Waals surface area (Å²) in [5.41, 5.74) is 2.22. The molecule has 4 aromatic rings. The van der Waals surface area contributed by atoms with Crippen molar-refractivity contribution in [2.45, 2.75) is 32.5 Å². The fraction of sp³-hybridized carbons (Fsp3) is 0.156. The number of para-hydroxylation sites is 1. The summed E-state index contributed by atoms with van der Waals surface area (Å²) < 4.78 is 47.0. The molecule has 0 amide bonds. The zero-order chi connectivity index (χ0) is 29.4. The largest absolute Gasteiger partial charge is 0.488 e. The quantitative estimate of drug-likeness (QED) is 0.192. The summed E-state index contributed by atoms with van der Waals surface area (Å²) in [6.45, 7) is 5.66. The van der Waals surface area contributed by atoms with Crippen molar-refractivity contribution in [1.82, 2.24) is 9.78 Å². The molecule has 0 bridgehead atoms. The van der Waals surface area contributed by atoms with Gasteiger partial charge in [0.2, 0.25) is 0 Å². The van der Waals surface area contributed by atoms with Crippen molar-refractivity contribution in [3.05, 3.63) is 131 Å². The number of aromatic carboxylic acids is 1. The van der Waals surface area contributed by atoms with E-state index in [9.17, 15) is 18.0 Å². The predicted octanol–water partition coefficient (Wildman–Crippen LogP) is 7.57. The first kappa shape index (κ1) is 29.1. The molecule has 1 heterocycles. The number of benzene rings is 3. The van der Waals surface area contributed by atoms with Crippen molar-refractivity contribution in [3.8, 4) is 5.75 Å². The predicted molar refractivity (Wildman–Crippen MR) is 153 cm³/mol. The highest BCUT2D eigenvalue weighted by Gasteiger charge is 2.40. The van der Waals surface area contributed by atoms with Gasteiger partial charge in [-0.25, -0.2) is 9.48 Å². The number of hydrogen-bond acceptors (Lipinski definition) is 4. The van der Waals surface area contributed by atoms with Crippen LogP contribution < -0.4 is 4.74 Å². The van der Waals surface area contributed by atoms with Crippen molar-refractivity contribution in [2.24, 2.45) is 4.99 Å². The molecule has 0 aliphatic heterocycles. The Morgan fingerprint density at radius 1 is 0.951 bits per heavy atom. The van der Waals surface area contributed by atoms with Crippen LogP contribution in [0.15, 0.2) is 103 Å². The Hall–Kier alpha value is -4.92. The van der Waals surface area contributed by atoms with E-state index < -0.39 is 23.4 Å². The summed E-state index contributed by atoms with van der Waals surface area (Å²) >= 11 is 0. The molecular weight excluding hydrogens is 531 g/mol. The van der Waals surface area contributed by atoms with Gasteiger partial charge >= 0.3 is 12.1 Å². The average Bonchev–Trinajstić information content (AvgIpc) is 3.43. The van der Waals surface area contributed by atoms with E-state index in [1.807, 2.05) is 36.4 Å². The molecule has 9 heteroatoms. The minimum absolute atomic E-state index is 0.0260. The lowest BCUT2D eigenvalue weighted by Crippen LogP contribution is -2.17. The number of ether oxygens (including phenoxy) is 1. The van der Waals surface area contributed by atoms with Gasteiger partial charge in [0.25, 0.3) is 0 Å². The summed E-state index contributed by atoms with van der Waals surface area (Å²) in [5, 5.41) is 12.7. The molecule has 0 fully saturated rings. The molecule has 0 atom stereocenters. The number of halogens is 3. The van der Waals surface area contributed by atoms with E-state index >= 15 is 0 Å². The molecular formula is C32H28F3N3O3. The second-order valence-corrected chi connectivity index (χ2v) is 9.24. The first-order chi connectivity index (χ1) is 19.6. The number of aliphatic imine (C=N–C) groups is 1. The van der Waals surface area contributed by atoms with Crippen LogP contribution in [0.3, 0.4) is 0 Å². The fourth-order valence-corrected chi connectivity index (χ4v) is 4.15. The number of carboxylic acid groups (broad SMARTS) is 1. The molecule has 0 saturated carbocycles. The minimum Gasteiger partial charge on any atom is -0.488 e. The highest BCUT2D eigenvalue weighted by molar-refractivity contribution is 5.90. The summed E-state index contributed by atoms with van der Waals surface area (Å²) in [7, 11) is 0. The van der Waals surface area contributed by atoms with Gasteiger partial charge in [-0.05, 0) is 54.7 Å². The maximum Gasteiger partial charge on any atom is 0.434 e. The van der Waals surface area contributed by atoms with Gasteiger partial charge in [-0.3, -0.25) is 4.99 Å². The number of nitrogens with zero attached hydrogens (tertiary/aromatic N) is 3. The topological polar surface area (TPSA) is 76.7 Å². The lowest BCUT2D eigenvalue weighted by Gasteiger charge is -2.12. The molecule has 6 nitrogen and oxygen atoms in total. The van der Waals surface area contributed by atoms with Gasteiger partial charge < -0.3 is 9.84 Å². The third-order valence-electron chi connectivity index (χ3n) is 6.31. The first-order valence-corrected chi connectivity index (χ1v) is 12.8. The molecule has 0 aliphatic rings. The number of allylic oxidation sites excluding steroid dienone is 2. The van der Waals surface area contributed by atoms with E-state index in [1.165, 1.54) is 30.3 Å². The molecule has 0 spiro atoms. The van der Waals surface area contributed by atoms with Crippen LogP contribution in [0.2, 0.25) is 0 Å². The van der Waals surface area contributed by atoms with Crippen LogP contribution in [-0.2, 0) is 25.6 Å². The smallest absolute Gasteiger partial charge is 0.434 e. The second kappa shape index (κ2) is 13.0. The highest BCUT2D eigenvalue weighted by atomic mass is 19.4. The maximum absolute atomic E-state index is 13.5. The summed E-state index contributed by atoms with van der Waals surface area (Å²) in [4.78, 5) is 15.5. The average molecular weight is 560 g/mol. The Morgan fingerprint density at radius 2 is 1.56 bits per heavy atom.